The Balaban J connectivity index is 2.14. The number of allylic oxidation sites excluding steroid dienone is 2. The lowest BCUT2D eigenvalue weighted by atomic mass is 9.90. The summed E-state index contributed by atoms with van der Waals surface area (Å²) < 4.78 is 0. The van der Waals surface area contributed by atoms with Crippen LogP contribution >= 0.6 is 0 Å². The van der Waals surface area contributed by atoms with Gasteiger partial charge >= 0.3 is 0 Å². The standard InChI is InChI=1S/C13H14/c1-2-4-7-12-9-6-10-13(11-12)8-5-3-1/h10,12H,1-4,7,11H2. The zero-order valence-electron chi connectivity index (χ0n) is 7.90. The lowest BCUT2D eigenvalue weighted by Gasteiger charge is -2.13. The van der Waals surface area contributed by atoms with E-state index >= 15 is 0 Å². The molecule has 0 aromatic carbocycles. The molecule has 2 aliphatic rings. The fourth-order valence-electron chi connectivity index (χ4n) is 1.84. The average Bonchev–Trinajstić information content (AvgIpc) is 2.17. The van der Waals surface area contributed by atoms with Gasteiger partial charge < -0.3 is 0 Å². The fraction of sp³-hybridized carbons (Fsp3) is 0.538. The average molecular weight is 170 g/mol. The Morgan fingerprint density at radius 2 is 2.23 bits per heavy atom. The zero-order valence-corrected chi connectivity index (χ0v) is 7.90. The van der Waals surface area contributed by atoms with Gasteiger partial charge in [0.1, 0.15) is 0 Å². The van der Waals surface area contributed by atoms with E-state index in [1.165, 1.54) is 31.3 Å². The van der Waals surface area contributed by atoms with Crippen LogP contribution in [0, 0.1) is 29.6 Å². The van der Waals surface area contributed by atoms with Crippen molar-refractivity contribution < 1.29 is 0 Å². The van der Waals surface area contributed by atoms with Crippen molar-refractivity contribution in [1.29, 1.82) is 0 Å². The third-order valence-electron chi connectivity index (χ3n) is 2.60. The summed E-state index contributed by atoms with van der Waals surface area (Å²) >= 11 is 0. The van der Waals surface area contributed by atoms with Gasteiger partial charge in [-0.15, -0.1) is 0 Å². The Kier molecular flexibility index (Phi) is 2.73. The van der Waals surface area contributed by atoms with E-state index in [0.29, 0.717) is 5.92 Å². The van der Waals surface area contributed by atoms with E-state index in [1.807, 2.05) is 6.08 Å². The zero-order chi connectivity index (χ0) is 8.93. The van der Waals surface area contributed by atoms with Gasteiger partial charge in [0.15, 0.2) is 0 Å². The molecular weight excluding hydrogens is 156 g/mol. The molecule has 0 aliphatic heterocycles. The summed E-state index contributed by atoms with van der Waals surface area (Å²) in [4.78, 5) is 0. The second kappa shape index (κ2) is 4.20. The molecule has 0 amide bonds. The third kappa shape index (κ3) is 2.40. The second-order valence-electron chi connectivity index (χ2n) is 3.76. The van der Waals surface area contributed by atoms with E-state index < -0.39 is 0 Å². The minimum Gasteiger partial charge on any atom is -0.0982 e. The SMILES string of the molecule is C1#CC2CCCCCC#CC(=C1)C2. The van der Waals surface area contributed by atoms with Crippen molar-refractivity contribution in [3.63, 3.8) is 0 Å². The smallest absolute Gasteiger partial charge is 0.0253 e. The van der Waals surface area contributed by atoms with E-state index in [9.17, 15) is 0 Å². The van der Waals surface area contributed by atoms with Crippen molar-refractivity contribution in [1.82, 2.24) is 0 Å². The van der Waals surface area contributed by atoms with Gasteiger partial charge in [0.25, 0.3) is 0 Å². The summed E-state index contributed by atoms with van der Waals surface area (Å²) in [7, 11) is 0. The quantitative estimate of drug-likeness (QED) is 0.490. The molecule has 0 heterocycles. The highest BCUT2D eigenvalue weighted by molar-refractivity contribution is 5.39. The first kappa shape index (κ1) is 8.46. The third-order valence-corrected chi connectivity index (χ3v) is 2.60. The van der Waals surface area contributed by atoms with Crippen molar-refractivity contribution in [2.75, 3.05) is 0 Å². The Hall–Kier alpha value is -1.14. The largest absolute Gasteiger partial charge is 0.0982 e. The molecule has 2 bridgehead atoms. The van der Waals surface area contributed by atoms with E-state index in [1.54, 1.807) is 0 Å². The number of hydrogen-bond donors (Lipinski definition) is 0. The van der Waals surface area contributed by atoms with Crippen molar-refractivity contribution in [3.05, 3.63) is 11.6 Å². The number of rotatable bonds is 0. The summed E-state index contributed by atoms with van der Waals surface area (Å²) in [6.45, 7) is 0. The maximum Gasteiger partial charge on any atom is 0.0253 e. The summed E-state index contributed by atoms with van der Waals surface area (Å²) in [6.07, 6.45) is 9.34. The first-order valence-electron chi connectivity index (χ1n) is 5.14. The molecule has 2 rings (SSSR count). The normalized spacial score (nSPS) is 25.8. The molecule has 0 aromatic rings. The van der Waals surface area contributed by atoms with E-state index in [4.69, 9.17) is 0 Å². The van der Waals surface area contributed by atoms with Gasteiger partial charge in [-0.3, -0.25) is 0 Å². The first-order valence-corrected chi connectivity index (χ1v) is 5.14. The van der Waals surface area contributed by atoms with Gasteiger partial charge in [-0.2, -0.15) is 0 Å². The highest BCUT2D eigenvalue weighted by atomic mass is 14.1. The molecule has 0 saturated heterocycles. The van der Waals surface area contributed by atoms with Crippen molar-refractivity contribution in [2.45, 2.75) is 38.5 Å². The molecule has 1 atom stereocenters. The Morgan fingerprint density at radius 3 is 3.23 bits per heavy atom. The molecule has 13 heavy (non-hydrogen) atoms. The van der Waals surface area contributed by atoms with Gasteiger partial charge in [-0.1, -0.05) is 36.5 Å². The molecule has 0 radical (unpaired) electrons. The van der Waals surface area contributed by atoms with Gasteiger partial charge in [0.05, 0.1) is 0 Å². The Labute approximate surface area is 80.4 Å². The Morgan fingerprint density at radius 1 is 1.23 bits per heavy atom. The Bertz CT molecular complexity index is 325. The molecule has 0 fully saturated rings. The van der Waals surface area contributed by atoms with Crippen molar-refractivity contribution >= 4 is 0 Å². The van der Waals surface area contributed by atoms with Crippen LogP contribution in [-0.4, -0.2) is 0 Å². The van der Waals surface area contributed by atoms with Gasteiger partial charge in [0.2, 0.25) is 0 Å². The molecule has 0 N–H and O–H groups in total. The predicted molar refractivity (Wildman–Crippen MR) is 54.8 cm³/mol. The molecular formula is C13H14. The van der Waals surface area contributed by atoms with E-state index in [0.717, 1.165) is 12.8 Å². The monoisotopic (exact) mass is 170 g/mol. The van der Waals surface area contributed by atoms with Gasteiger partial charge in [-0.25, -0.2) is 0 Å². The minimum absolute atomic E-state index is 0.590. The van der Waals surface area contributed by atoms with E-state index in [-0.39, 0.29) is 0 Å². The molecule has 0 heteroatoms. The van der Waals surface area contributed by atoms with Crippen LogP contribution in [0.5, 0.6) is 0 Å². The van der Waals surface area contributed by atoms with Crippen LogP contribution in [0.3, 0.4) is 0 Å². The topological polar surface area (TPSA) is 0 Å². The summed E-state index contributed by atoms with van der Waals surface area (Å²) in [6, 6.07) is 0. The molecule has 0 aromatic heterocycles. The fourth-order valence-corrected chi connectivity index (χ4v) is 1.84. The maximum atomic E-state index is 3.27. The van der Waals surface area contributed by atoms with Gasteiger partial charge in [0, 0.05) is 17.9 Å². The number of hydrogen-bond acceptors (Lipinski definition) is 0. The lowest BCUT2D eigenvalue weighted by molar-refractivity contribution is 0.544. The number of fused-ring (bicyclic) bond motifs is 2. The molecule has 0 nitrogen and oxygen atoms in total. The molecule has 66 valence electrons. The predicted octanol–water partition coefficient (Wildman–Crippen LogP) is 2.90. The lowest BCUT2D eigenvalue weighted by Crippen LogP contribution is -2.02. The molecule has 2 aliphatic carbocycles. The second-order valence-corrected chi connectivity index (χ2v) is 3.76. The summed E-state index contributed by atoms with van der Waals surface area (Å²) in [5.41, 5.74) is 1.26. The highest BCUT2D eigenvalue weighted by Crippen LogP contribution is 2.21. The van der Waals surface area contributed by atoms with Crippen LogP contribution in [0.2, 0.25) is 0 Å². The van der Waals surface area contributed by atoms with Gasteiger partial charge in [-0.05, 0) is 25.3 Å². The van der Waals surface area contributed by atoms with Crippen molar-refractivity contribution in [3.8, 4) is 23.7 Å². The van der Waals surface area contributed by atoms with E-state index in [2.05, 4.69) is 23.7 Å². The molecule has 0 saturated carbocycles. The van der Waals surface area contributed by atoms with Crippen LogP contribution < -0.4 is 0 Å². The first-order chi connectivity index (χ1) is 6.45. The van der Waals surface area contributed by atoms with Crippen molar-refractivity contribution in [2.24, 2.45) is 5.92 Å². The molecule has 0 spiro atoms. The van der Waals surface area contributed by atoms with Crippen LogP contribution in [0.1, 0.15) is 38.5 Å². The van der Waals surface area contributed by atoms with Crippen LogP contribution in [0.25, 0.3) is 0 Å². The van der Waals surface area contributed by atoms with Crippen LogP contribution in [0.4, 0.5) is 0 Å². The highest BCUT2D eigenvalue weighted by Gasteiger charge is 2.10. The summed E-state index contributed by atoms with van der Waals surface area (Å²) in [5.74, 6) is 13.4. The molecule has 1 unspecified atom stereocenters. The minimum atomic E-state index is 0.590. The van der Waals surface area contributed by atoms with Crippen LogP contribution in [0.15, 0.2) is 11.6 Å². The maximum absolute atomic E-state index is 3.27. The van der Waals surface area contributed by atoms with Crippen LogP contribution in [-0.2, 0) is 0 Å². The summed E-state index contributed by atoms with van der Waals surface area (Å²) in [5, 5.41) is 0.